The van der Waals surface area contributed by atoms with Crippen molar-refractivity contribution < 1.29 is 9.47 Å². The largest absolute Gasteiger partial charge is 0.493 e. The number of thiazole rings is 1. The molecular formula is C24H21ClN6O2S. The third-order valence-corrected chi connectivity index (χ3v) is 6.60. The third kappa shape index (κ3) is 3.72. The summed E-state index contributed by atoms with van der Waals surface area (Å²) in [5.74, 6) is 1.67. The van der Waals surface area contributed by atoms with Crippen molar-refractivity contribution >= 4 is 34.4 Å². The molecule has 0 amide bonds. The zero-order valence-electron chi connectivity index (χ0n) is 18.7. The Bertz CT molecular complexity index is 1500. The average Bonchev–Trinajstić information content (AvgIpc) is 3.50. The lowest BCUT2D eigenvalue weighted by molar-refractivity contribution is 0.355. The van der Waals surface area contributed by atoms with Gasteiger partial charge in [-0.15, -0.1) is 21.5 Å². The van der Waals surface area contributed by atoms with Crippen LogP contribution < -0.4 is 15.2 Å². The summed E-state index contributed by atoms with van der Waals surface area (Å²) in [6, 6.07) is 13.2. The maximum atomic E-state index is 6.53. The van der Waals surface area contributed by atoms with Gasteiger partial charge in [-0.25, -0.2) is 4.98 Å². The number of nitrogens with zero attached hydrogens (tertiary/aromatic N) is 5. The maximum absolute atomic E-state index is 6.53. The van der Waals surface area contributed by atoms with Crippen LogP contribution in [-0.4, -0.2) is 39.0 Å². The second-order valence-corrected chi connectivity index (χ2v) is 8.75. The summed E-state index contributed by atoms with van der Waals surface area (Å²) in [4.78, 5) is 4.75. The van der Waals surface area contributed by atoms with Gasteiger partial charge in [0, 0.05) is 16.0 Å². The lowest BCUT2D eigenvalue weighted by atomic mass is 10.0. The molecule has 2 aromatic carbocycles. The number of halogens is 1. The molecule has 8 nitrogen and oxygen atoms in total. The highest BCUT2D eigenvalue weighted by atomic mass is 35.5. The third-order valence-electron chi connectivity index (χ3n) is 5.50. The molecule has 0 aliphatic heterocycles. The number of nitrogen functional groups attached to an aromatic ring is 1. The van der Waals surface area contributed by atoms with Gasteiger partial charge in [0.15, 0.2) is 28.7 Å². The maximum Gasteiger partial charge on any atom is 0.187 e. The number of nitrogens with two attached hydrogens (primary N) is 1. The highest BCUT2D eigenvalue weighted by Gasteiger charge is 2.21. The number of aromatic nitrogens is 5. The van der Waals surface area contributed by atoms with Crippen LogP contribution in [0.15, 0.2) is 47.8 Å². The minimum Gasteiger partial charge on any atom is -0.493 e. The first-order valence-corrected chi connectivity index (χ1v) is 11.8. The second-order valence-electron chi connectivity index (χ2n) is 7.46. The fourth-order valence-corrected chi connectivity index (χ4v) is 4.73. The Morgan fingerprint density at radius 2 is 1.74 bits per heavy atom. The van der Waals surface area contributed by atoms with Gasteiger partial charge in [-0.2, -0.15) is 9.61 Å². The van der Waals surface area contributed by atoms with Gasteiger partial charge in [-0.05, 0) is 42.3 Å². The van der Waals surface area contributed by atoms with E-state index in [0.29, 0.717) is 38.7 Å². The van der Waals surface area contributed by atoms with Crippen molar-refractivity contribution in [3.8, 4) is 44.6 Å². The summed E-state index contributed by atoms with van der Waals surface area (Å²) in [6.07, 6.45) is 0.719. The van der Waals surface area contributed by atoms with Crippen LogP contribution in [0.1, 0.15) is 12.6 Å². The van der Waals surface area contributed by atoms with Gasteiger partial charge in [0.1, 0.15) is 5.01 Å². The Labute approximate surface area is 205 Å². The molecule has 0 fully saturated rings. The van der Waals surface area contributed by atoms with Gasteiger partial charge in [0.2, 0.25) is 0 Å². The van der Waals surface area contributed by atoms with Gasteiger partial charge in [0.05, 0.1) is 31.2 Å². The zero-order valence-corrected chi connectivity index (χ0v) is 20.3. The topological polar surface area (TPSA) is 100 Å². The molecule has 0 atom stereocenters. The molecule has 5 rings (SSSR count). The molecule has 0 aliphatic rings. The molecule has 0 aliphatic carbocycles. The Morgan fingerprint density at radius 1 is 1.00 bits per heavy atom. The van der Waals surface area contributed by atoms with Crippen LogP contribution in [0.3, 0.4) is 0 Å². The number of anilines is 1. The molecule has 3 aromatic heterocycles. The molecule has 3 heterocycles. The van der Waals surface area contributed by atoms with Crippen molar-refractivity contribution in [3.63, 3.8) is 0 Å². The fourth-order valence-electron chi connectivity index (χ4n) is 3.78. The molecular weight excluding hydrogens is 472 g/mol. The number of ether oxygens (including phenoxy) is 2. The predicted octanol–water partition coefficient (Wildman–Crippen LogP) is 5.40. The van der Waals surface area contributed by atoms with E-state index in [9.17, 15) is 0 Å². The van der Waals surface area contributed by atoms with Crippen molar-refractivity contribution in [2.75, 3.05) is 20.0 Å². The Morgan fingerprint density at radius 3 is 2.44 bits per heavy atom. The zero-order chi connectivity index (χ0) is 23.8. The fraction of sp³-hybridized carbons (Fsp3) is 0.167. The molecule has 34 heavy (non-hydrogen) atoms. The highest BCUT2D eigenvalue weighted by molar-refractivity contribution is 7.13. The average molecular weight is 493 g/mol. The number of rotatable bonds is 6. The highest BCUT2D eigenvalue weighted by Crippen LogP contribution is 2.36. The van der Waals surface area contributed by atoms with Crippen molar-refractivity contribution in [2.45, 2.75) is 13.3 Å². The van der Waals surface area contributed by atoms with Crippen molar-refractivity contribution in [2.24, 2.45) is 0 Å². The smallest absolute Gasteiger partial charge is 0.187 e. The van der Waals surface area contributed by atoms with E-state index >= 15 is 0 Å². The van der Waals surface area contributed by atoms with E-state index in [1.54, 1.807) is 18.7 Å². The number of methoxy groups -OCH3 is 2. The van der Waals surface area contributed by atoms with Crippen LogP contribution in [0.4, 0.5) is 5.82 Å². The Hall–Kier alpha value is -3.69. The standard InChI is InChI=1S/C24H21ClN6O2S/c1-4-16-20(13-5-8-15(25)9-6-13)23-29-28-21(22(26)31(23)30-16)24-27-17(12-34-24)14-7-10-18(32-2)19(11-14)33-3/h5-12H,4,26H2,1-3H3. The second kappa shape index (κ2) is 8.92. The molecule has 10 heteroatoms. The van der Waals surface area contributed by atoms with E-state index < -0.39 is 0 Å². The first-order chi connectivity index (χ1) is 16.5. The van der Waals surface area contributed by atoms with Crippen LogP contribution in [0.5, 0.6) is 11.5 Å². The summed E-state index contributed by atoms with van der Waals surface area (Å²) >= 11 is 7.51. The van der Waals surface area contributed by atoms with Crippen LogP contribution in [0, 0.1) is 0 Å². The van der Waals surface area contributed by atoms with Crippen molar-refractivity contribution in [3.05, 3.63) is 58.6 Å². The van der Waals surface area contributed by atoms with E-state index in [4.69, 9.17) is 36.9 Å². The lowest BCUT2D eigenvalue weighted by Gasteiger charge is -2.08. The summed E-state index contributed by atoms with van der Waals surface area (Å²) in [5.41, 5.74) is 12.0. The van der Waals surface area contributed by atoms with Crippen LogP contribution in [0.25, 0.3) is 38.7 Å². The summed E-state index contributed by atoms with van der Waals surface area (Å²) in [7, 11) is 3.21. The summed E-state index contributed by atoms with van der Waals surface area (Å²) in [5, 5.41) is 16.9. The molecule has 0 bridgehead atoms. The molecule has 5 aromatic rings. The molecule has 2 N–H and O–H groups in total. The minimum absolute atomic E-state index is 0.383. The van der Waals surface area contributed by atoms with Gasteiger partial charge in [0.25, 0.3) is 0 Å². The van der Waals surface area contributed by atoms with Gasteiger partial charge < -0.3 is 15.2 Å². The minimum atomic E-state index is 0.383. The summed E-state index contributed by atoms with van der Waals surface area (Å²) < 4.78 is 12.4. The van der Waals surface area contributed by atoms with Gasteiger partial charge >= 0.3 is 0 Å². The monoisotopic (exact) mass is 492 g/mol. The number of hydrogen-bond acceptors (Lipinski definition) is 8. The number of benzene rings is 2. The molecule has 0 unspecified atom stereocenters. The van der Waals surface area contributed by atoms with E-state index in [1.165, 1.54) is 11.3 Å². The van der Waals surface area contributed by atoms with Gasteiger partial charge in [-0.1, -0.05) is 30.7 Å². The molecule has 172 valence electrons. The molecule has 0 radical (unpaired) electrons. The first-order valence-electron chi connectivity index (χ1n) is 10.5. The van der Waals surface area contributed by atoms with E-state index in [-0.39, 0.29) is 0 Å². The van der Waals surface area contributed by atoms with Crippen LogP contribution in [-0.2, 0) is 6.42 Å². The Balaban J connectivity index is 1.58. The quantitative estimate of drug-likeness (QED) is 0.338. The number of fused-ring (bicyclic) bond motifs is 1. The van der Waals surface area contributed by atoms with E-state index in [1.807, 2.05) is 54.8 Å². The normalized spacial score (nSPS) is 11.2. The number of hydrogen-bond donors (Lipinski definition) is 1. The van der Waals surface area contributed by atoms with Crippen LogP contribution in [0.2, 0.25) is 5.02 Å². The molecule has 0 saturated carbocycles. The first kappa shape index (κ1) is 22.1. The number of aryl methyl sites for hydroxylation is 1. The Kier molecular flexibility index (Phi) is 5.80. The molecule has 0 spiro atoms. The van der Waals surface area contributed by atoms with E-state index in [2.05, 4.69) is 10.2 Å². The van der Waals surface area contributed by atoms with Crippen molar-refractivity contribution in [1.29, 1.82) is 0 Å². The lowest BCUT2D eigenvalue weighted by Crippen LogP contribution is -2.05. The van der Waals surface area contributed by atoms with Gasteiger partial charge in [-0.3, -0.25) is 0 Å². The summed E-state index contributed by atoms with van der Waals surface area (Å²) in [6.45, 7) is 2.04. The predicted molar refractivity (Wildman–Crippen MR) is 135 cm³/mol. The van der Waals surface area contributed by atoms with E-state index in [0.717, 1.165) is 34.5 Å². The van der Waals surface area contributed by atoms with Crippen LogP contribution >= 0.6 is 22.9 Å². The molecule has 0 saturated heterocycles. The van der Waals surface area contributed by atoms with Crippen molar-refractivity contribution in [1.82, 2.24) is 24.8 Å². The SMILES string of the molecule is CCc1nn2c(N)c(-c3nc(-c4ccc(OC)c(OC)c4)cs3)nnc2c1-c1ccc(Cl)cc1.